The summed E-state index contributed by atoms with van der Waals surface area (Å²) in [5, 5.41) is 11.3. The Kier molecular flexibility index (Phi) is 5.84. The summed E-state index contributed by atoms with van der Waals surface area (Å²) in [6.45, 7) is 2.70. The molecular weight excluding hydrogens is 408 g/mol. The number of hydrogen-bond acceptors (Lipinski definition) is 5. The second kappa shape index (κ2) is 9.08. The lowest BCUT2D eigenvalue weighted by molar-refractivity contribution is 0.416. The number of rotatable bonds is 8. The number of pyridine rings is 1. The van der Waals surface area contributed by atoms with Crippen LogP contribution in [-0.4, -0.2) is 54.3 Å². The van der Waals surface area contributed by atoms with Gasteiger partial charge in [0.25, 0.3) is 0 Å². The fraction of sp³-hybridized carbons (Fsp3) is 0.259. The molecule has 0 saturated carbocycles. The molecule has 0 unspecified atom stereocenters. The molecular formula is C27H30N6. The van der Waals surface area contributed by atoms with Gasteiger partial charge < -0.3 is 15.1 Å². The maximum absolute atomic E-state index is 4.62. The Morgan fingerprint density at radius 1 is 0.939 bits per heavy atom. The Hall–Kier alpha value is -3.64. The molecule has 33 heavy (non-hydrogen) atoms. The summed E-state index contributed by atoms with van der Waals surface area (Å²) < 4.78 is 0. The van der Waals surface area contributed by atoms with E-state index in [1.54, 1.807) is 0 Å². The normalized spacial score (nSPS) is 12.0. The van der Waals surface area contributed by atoms with E-state index in [9.17, 15) is 0 Å². The molecule has 2 aromatic heterocycles. The van der Waals surface area contributed by atoms with Gasteiger partial charge in [-0.1, -0.05) is 48.5 Å². The molecule has 5 rings (SSSR count). The van der Waals surface area contributed by atoms with Crippen molar-refractivity contribution >= 4 is 11.5 Å². The highest BCUT2D eigenvalue weighted by molar-refractivity contribution is 5.81. The van der Waals surface area contributed by atoms with Gasteiger partial charge in [0.2, 0.25) is 0 Å². The van der Waals surface area contributed by atoms with Crippen molar-refractivity contribution in [1.82, 2.24) is 20.1 Å². The van der Waals surface area contributed by atoms with Crippen molar-refractivity contribution in [3.8, 4) is 22.5 Å². The first-order chi connectivity index (χ1) is 16.1. The molecule has 0 saturated heterocycles. The fourth-order valence-corrected chi connectivity index (χ4v) is 4.27. The minimum atomic E-state index is 0.752. The predicted octanol–water partition coefficient (Wildman–Crippen LogP) is 4.65. The molecule has 0 spiro atoms. The summed E-state index contributed by atoms with van der Waals surface area (Å²) in [5.41, 5.74) is 9.55. The highest BCUT2D eigenvalue weighted by Crippen LogP contribution is 2.39. The fourth-order valence-electron chi connectivity index (χ4n) is 4.27. The van der Waals surface area contributed by atoms with Crippen LogP contribution >= 0.6 is 0 Å². The number of nitrogens with zero attached hydrogens (tertiary/aromatic N) is 4. The molecule has 0 atom stereocenters. The van der Waals surface area contributed by atoms with Crippen molar-refractivity contribution in [3.05, 3.63) is 83.6 Å². The number of anilines is 2. The van der Waals surface area contributed by atoms with Crippen LogP contribution in [0.1, 0.15) is 16.7 Å². The lowest BCUT2D eigenvalue weighted by atomic mass is 10.0. The van der Waals surface area contributed by atoms with Crippen LogP contribution in [0.2, 0.25) is 0 Å². The molecule has 0 radical (unpaired) electrons. The monoisotopic (exact) mass is 438 g/mol. The number of fused-ring (bicyclic) bond motifs is 3. The minimum absolute atomic E-state index is 0.752. The molecule has 1 aliphatic rings. The number of benzene rings is 2. The highest BCUT2D eigenvalue weighted by atomic mass is 15.2. The van der Waals surface area contributed by atoms with Gasteiger partial charge in [0.1, 0.15) is 5.82 Å². The molecule has 4 aromatic rings. The molecule has 6 nitrogen and oxygen atoms in total. The van der Waals surface area contributed by atoms with Crippen molar-refractivity contribution in [2.45, 2.75) is 13.0 Å². The van der Waals surface area contributed by atoms with Crippen LogP contribution in [0.5, 0.6) is 0 Å². The zero-order valence-electron chi connectivity index (χ0n) is 19.5. The maximum Gasteiger partial charge on any atom is 0.128 e. The van der Waals surface area contributed by atoms with Gasteiger partial charge in [0.15, 0.2) is 0 Å². The molecule has 0 bridgehead atoms. The molecule has 168 valence electrons. The van der Waals surface area contributed by atoms with Crippen LogP contribution in [0.3, 0.4) is 0 Å². The Bertz CT molecular complexity index is 1220. The van der Waals surface area contributed by atoms with Gasteiger partial charge in [-0.2, -0.15) is 5.10 Å². The van der Waals surface area contributed by atoms with Gasteiger partial charge in [-0.05, 0) is 37.4 Å². The van der Waals surface area contributed by atoms with Crippen LogP contribution in [0, 0.1) is 0 Å². The van der Waals surface area contributed by atoms with E-state index >= 15 is 0 Å². The van der Waals surface area contributed by atoms with Gasteiger partial charge in [-0.3, -0.25) is 5.10 Å². The number of likely N-dealkylation sites (N-methyl/N-ethyl adjacent to an activating group) is 2. The lowest BCUT2D eigenvalue weighted by Gasteiger charge is -2.20. The number of H-pyrrole nitrogens is 1. The third kappa shape index (κ3) is 4.47. The number of aromatic amines is 1. The molecule has 6 heteroatoms. The van der Waals surface area contributed by atoms with Gasteiger partial charge >= 0.3 is 0 Å². The van der Waals surface area contributed by atoms with Crippen LogP contribution < -0.4 is 10.2 Å². The van der Waals surface area contributed by atoms with Crippen molar-refractivity contribution in [3.63, 3.8) is 0 Å². The largest absolute Gasteiger partial charge is 0.380 e. The van der Waals surface area contributed by atoms with Crippen LogP contribution in [0.4, 0.5) is 11.5 Å². The number of hydrogen-bond donors (Lipinski definition) is 2. The number of aromatic nitrogens is 3. The van der Waals surface area contributed by atoms with E-state index < -0.39 is 0 Å². The molecule has 2 heterocycles. The minimum Gasteiger partial charge on any atom is -0.380 e. The summed E-state index contributed by atoms with van der Waals surface area (Å²) in [6.07, 6.45) is 2.84. The van der Waals surface area contributed by atoms with Crippen molar-refractivity contribution in [1.29, 1.82) is 0 Å². The highest BCUT2D eigenvalue weighted by Gasteiger charge is 2.24. The third-order valence-corrected chi connectivity index (χ3v) is 6.27. The van der Waals surface area contributed by atoms with Crippen molar-refractivity contribution < 1.29 is 0 Å². The zero-order valence-corrected chi connectivity index (χ0v) is 19.5. The molecule has 2 N–H and O–H groups in total. The first kappa shape index (κ1) is 21.2. The van der Waals surface area contributed by atoms with Gasteiger partial charge in [-0.25, -0.2) is 4.98 Å². The van der Waals surface area contributed by atoms with Gasteiger partial charge in [0, 0.05) is 49.8 Å². The van der Waals surface area contributed by atoms with Crippen LogP contribution in [-0.2, 0) is 13.0 Å². The Morgan fingerprint density at radius 2 is 1.76 bits per heavy atom. The predicted molar refractivity (Wildman–Crippen MR) is 136 cm³/mol. The summed E-state index contributed by atoms with van der Waals surface area (Å²) in [4.78, 5) is 8.95. The van der Waals surface area contributed by atoms with Crippen molar-refractivity contribution in [2.24, 2.45) is 0 Å². The molecule has 2 aromatic carbocycles. The van der Waals surface area contributed by atoms with Crippen molar-refractivity contribution in [2.75, 3.05) is 44.4 Å². The first-order valence-electron chi connectivity index (χ1n) is 11.4. The van der Waals surface area contributed by atoms with Crippen LogP contribution in [0.25, 0.3) is 22.5 Å². The second-order valence-corrected chi connectivity index (χ2v) is 8.94. The maximum atomic E-state index is 4.62. The summed E-state index contributed by atoms with van der Waals surface area (Å²) in [5.74, 6) is 0.987. The third-order valence-electron chi connectivity index (χ3n) is 6.27. The summed E-state index contributed by atoms with van der Waals surface area (Å²) in [6, 6.07) is 21.4. The standard InChI is InChI=1S/C27H30N6/c1-32(2)14-15-33(3)25-13-12-22(18-29-25)28-17-19-8-10-20(11-9-19)26-24-16-21-6-4-5-7-23(21)27(24)31-30-26/h4-13,18,28H,14-17H2,1-3H3,(H,30,31). The van der Waals surface area contributed by atoms with E-state index in [1.807, 2.05) is 6.20 Å². The smallest absolute Gasteiger partial charge is 0.128 e. The average molecular weight is 439 g/mol. The number of nitrogens with one attached hydrogen (secondary N) is 2. The molecule has 0 aliphatic heterocycles. The quantitative estimate of drug-likeness (QED) is 0.369. The second-order valence-electron chi connectivity index (χ2n) is 8.94. The van der Waals surface area contributed by atoms with Gasteiger partial charge in [-0.15, -0.1) is 0 Å². The Balaban J connectivity index is 1.21. The van der Waals surface area contributed by atoms with E-state index in [2.05, 4.69) is 112 Å². The lowest BCUT2D eigenvalue weighted by Crippen LogP contribution is -2.28. The van der Waals surface area contributed by atoms with Gasteiger partial charge in [0.05, 0.1) is 23.3 Å². The van der Waals surface area contributed by atoms with E-state index in [0.717, 1.165) is 54.5 Å². The summed E-state index contributed by atoms with van der Waals surface area (Å²) >= 11 is 0. The summed E-state index contributed by atoms with van der Waals surface area (Å²) in [7, 11) is 6.25. The van der Waals surface area contributed by atoms with Crippen LogP contribution in [0.15, 0.2) is 66.9 Å². The van der Waals surface area contributed by atoms with E-state index in [0.29, 0.717) is 0 Å². The first-order valence-corrected chi connectivity index (χ1v) is 11.4. The molecule has 0 amide bonds. The van der Waals surface area contributed by atoms with E-state index in [-0.39, 0.29) is 0 Å². The van der Waals surface area contributed by atoms with E-state index in [1.165, 1.54) is 22.3 Å². The Morgan fingerprint density at radius 3 is 2.52 bits per heavy atom. The Labute approximate surface area is 195 Å². The zero-order chi connectivity index (χ0) is 22.8. The topological polar surface area (TPSA) is 60.1 Å². The SMILES string of the molecule is CN(C)CCN(C)c1ccc(NCc2ccc(-c3n[nH]c4c3Cc3ccccc3-4)cc2)cn1. The average Bonchev–Trinajstić information content (AvgIpc) is 3.41. The molecule has 1 aliphatic carbocycles. The van der Waals surface area contributed by atoms with E-state index in [4.69, 9.17) is 0 Å². The molecule has 0 fully saturated rings.